The van der Waals surface area contributed by atoms with Crippen molar-refractivity contribution in [3.63, 3.8) is 0 Å². The van der Waals surface area contributed by atoms with Crippen LogP contribution in [0.25, 0.3) is 0 Å². The second kappa shape index (κ2) is 7.34. The van der Waals surface area contributed by atoms with Crippen LogP contribution in [0.15, 0.2) is 30.3 Å². The number of aliphatic hydroxyl groups excluding tert-OH is 1. The van der Waals surface area contributed by atoms with Crippen LogP contribution in [0.5, 0.6) is 0 Å². The fraction of sp³-hybridized carbons (Fsp3) is 0.579. The summed E-state index contributed by atoms with van der Waals surface area (Å²) < 4.78 is 0. The first-order valence-electron chi connectivity index (χ1n) is 8.87. The molecule has 1 saturated carbocycles. The first-order chi connectivity index (χ1) is 11.6. The molecule has 5 nitrogen and oxygen atoms in total. The van der Waals surface area contributed by atoms with Gasteiger partial charge in [0, 0.05) is 25.2 Å². The highest BCUT2D eigenvalue weighted by Gasteiger charge is 2.48. The zero-order chi connectivity index (χ0) is 17.1. The second-order valence-corrected chi connectivity index (χ2v) is 6.93. The molecule has 5 heteroatoms. The Morgan fingerprint density at radius 1 is 1.21 bits per heavy atom. The van der Waals surface area contributed by atoms with Gasteiger partial charge in [0.15, 0.2) is 0 Å². The van der Waals surface area contributed by atoms with Gasteiger partial charge in [0.05, 0.1) is 6.61 Å². The molecular weight excluding hydrogens is 304 g/mol. The maximum absolute atomic E-state index is 13.1. The van der Waals surface area contributed by atoms with Gasteiger partial charge < -0.3 is 14.9 Å². The minimum atomic E-state index is -0.401. The fourth-order valence-electron chi connectivity index (χ4n) is 4.22. The lowest BCUT2D eigenvalue weighted by Crippen LogP contribution is -2.50. The van der Waals surface area contributed by atoms with Crippen LogP contribution in [0.1, 0.15) is 42.5 Å². The van der Waals surface area contributed by atoms with E-state index in [1.54, 1.807) is 11.9 Å². The summed E-state index contributed by atoms with van der Waals surface area (Å²) in [5.74, 6) is 0.325. The minimum absolute atomic E-state index is 0.0410. The Bertz CT molecular complexity index is 590. The Labute approximate surface area is 143 Å². The summed E-state index contributed by atoms with van der Waals surface area (Å²) in [6.45, 7) is 0.243. The lowest BCUT2D eigenvalue weighted by atomic mass is 9.84. The van der Waals surface area contributed by atoms with Crippen molar-refractivity contribution >= 4 is 11.8 Å². The van der Waals surface area contributed by atoms with E-state index in [-0.39, 0.29) is 24.5 Å². The normalized spacial score (nSPS) is 26.1. The molecule has 0 spiro atoms. The number of rotatable bonds is 4. The van der Waals surface area contributed by atoms with Gasteiger partial charge in [0.1, 0.15) is 6.04 Å². The largest absolute Gasteiger partial charge is 0.395 e. The van der Waals surface area contributed by atoms with Crippen LogP contribution in [-0.2, 0) is 4.79 Å². The van der Waals surface area contributed by atoms with E-state index in [0.717, 1.165) is 25.7 Å². The summed E-state index contributed by atoms with van der Waals surface area (Å²) in [5.41, 5.74) is 0.645. The number of amides is 2. The van der Waals surface area contributed by atoms with Gasteiger partial charge in [-0.2, -0.15) is 0 Å². The third-order valence-corrected chi connectivity index (χ3v) is 5.44. The Hall–Kier alpha value is -1.88. The summed E-state index contributed by atoms with van der Waals surface area (Å²) in [4.78, 5) is 29.3. The molecule has 0 aromatic heterocycles. The van der Waals surface area contributed by atoms with Crippen LogP contribution >= 0.6 is 0 Å². The SMILES string of the molecule is CN(CCO)C(=O)C1CC2CCCCC2N1C(=O)c1ccccc1. The van der Waals surface area contributed by atoms with Crippen LogP contribution in [0.3, 0.4) is 0 Å². The molecule has 1 saturated heterocycles. The monoisotopic (exact) mass is 330 g/mol. The lowest BCUT2D eigenvalue weighted by molar-refractivity contribution is -0.134. The van der Waals surface area contributed by atoms with Crippen LogP contribution < -0.4 is 0 Å². The highest BCUT2D eigenvalue weighted by atomic mass is 16.3. The van der Waals surface area contributed by atoms with Crippen molar-refractivity contribution in [2.45, 2.75) is 44.2 Å². The molecule has 1 heterocycles. The predicted molar refractivity (Wildman–Crippen MR) is 91.5 cm³/mol. The summed E-state index contributed by atoms with van der Waals surface area (Å²) in [6.07, 6.45) is 5.13. The number of carbonyl (C=O) groups excluding carboxylic acids is 2. The third kappa shape index (κ3) is 3.18. The van der Waals surface area contributed by atoms with E-state index >= 15 is 0 Å². The minimum Gasteiger partial charge on any atom is -0.395 e. The molecule has 1 aliphatic carbocycles. The van der Waals surface area contributed by atoms with E-state index in [0.29, 0.717) is 18.0 Å². The maximum Gasteiger partial charge on any atom is 0.254 e. The number of carbonyl (C=O) groups is 2. The molecular formula is C19H26N2O3. The second-order valence-electron chi connectivity index (χ2n) is 6.93. The Morgan fingerprint density at radius 2 is 1.92 bits per heavy atom. The number of hydrogen-bond donors (Lipinski definition) is 1. The van der Waals surface area contributed by atoms with Crippen molar-refractivity contribution < 1.29 is 14.7 Å². The molecule has 1 aromatic carbocycles. The van der Waals surface area contributed by atoms with E-state index in [2.05, 4.69) is 0 Å². The zero-order valence-electron chi connectivity index (χ0n) is 14.2. The van der Waals surface area contributed by atoms with Crippen molar-refractivity contribution in [2.24, 2.45) is 5.92 Å². The molecule has 3 unspecified atom stereocenters. The highest BCUT2D eigenvalue weighted by Crippen LogP contribution is 2.40. The van der Waals surface area contributed by atoms with E-state index in [4.69, 9.17) is 5.11 Å². The quantitative estimate of drug-likeness (QED) is 0.917. The average Bonchev–Trinajstić information content (AvgIpc) is 3.00. The number of hydrogen-bond acceptors (Lipinski definition) is 3. The van der Waals surface area contributed by atoms with Gasteiger partial charge in [-0.1, -0.05) is 31.0 Å². The Balaban J connectivity index is 1.88. The molecule has 2 amide bonds. The number of aliphatic hydroxyl groups is 1. The van der Waals surface area contributed by atoms with Crippen molar-refractivity contribution in [3.05, 3.63) is 35.9 Å². The summed E-state index contributed by atoms with van der Waals surface area (Å²) >= 11 is 0. The number of fused-ring (bicyclic) bond motifs is 1. The first kappa shape index (κ1) is 17.0. The van der Waals surface area contributed by atoms with Crippen LogP contribution in [0.4, 0.5) is 0 Å². The molecule has 2 aliphatic rings. The molecule has 0 bridgehead atoms. The number of likely N-dealkylation sites (tertiary alicyclic amines) is 1. The topological polar surface area (TPSA) is 60.9 Å². The molecule has 3 atom stereocenters. The summed E-state index contributed by atoms with van der Waals surface area (Å²) in [5, 5.41) is 9.11. The molecule has 3 rings (SSSR count). The number of nitrogens with zero attached hydrogens (tertiary/aromatic N) is 2. The summed E-state index contributed by atoms with van der Waals surface area (Å²) in [7, 11) is 1.70. The van der Waals surface area contributed by atoms with Gasteiger partial charge in [-0.05, 0) is 37.3 Å². The molecule has 1 aromatic rings. The van der Waals surface area contributed by atoms with Gasteiger partial charge in [-0.3, -0.25) is 9.59 Å². The van der Waals surface area contributed by atoms with Crippen LogP contribution in [0.2, 0.25) is 0 Å². The fourth-order valence-corrected chi connectivity index (χ4v) is 4.22. The van der Waals surface area contributed by atoms with E-state index in [9.17, 15) is 9.59 Å². The van der Waals surface area contributed by atoms with E-state index < -0.39 is 6.04 Å². The molecule has 0 radical (unpaired) electrons. The van der Waals surface area contributed by atoms with E-state index in [1.165, 1.54) is 6.42 Å². The van der Waals surface area contributed by atoms with Crippen molar-refractivity contribution in [2.75, 3.05) is 20.2 Å². The standard InChI is InChI=1S/C19H26N2O3/c1-20(11-12-22)19(24)17-13-15-9-5-6-10-16(15)21(17)18(23)14-7-3-2-4-8-14/h2-4,7-8,15-17,22H,5-6,9-13H2,1H3. The van der Waals surface area contributed by atoms with Gasteiger partial charge >= 0.3 is 0 Å². The van der Waals surface area contributed by atoms with Gasteiger partial charge in [-0.15, -0.1) is 0 Å². The smallest absolute Gasteiger partial charge is 0.254 e. The summed E-state index contributed by atoms with van der Waals surface area (Å²) in [6, 6.07) is 9.01. The number of benzene rings is 1. The van der Waals surface area contributed by atoms with Crippen LogP contribution in [-0.4, -0.2) is 59.0 Å². The molecule has 1 N–H and O–H groups in total. The number of likely N-dealkylation sites (N-methyl/N-ethyl adjacent to an activating group) is 1. The van der Waals surface area contributed by atoms with E-state index in [1.807, 2.05) is 35.2 Å². The highest BCUT2D eigenvalue weighted by molar-refractivity contribution is 5.98. The van der Waals surface area contributed by atoms with Crippen molar-refractivity contribution in [1.82, 2.24) is 9.80 Å². The van der Waals surface area contributed by atoms with Crippen LogP contribution in [0, 0.1) is 5.92 Å². The Morgan fingerprint density at radius 3 is 2.62 bits per heavy atom. The molecule has 2 fully saturated rings. The molecule has 24 heavy (non-hydrogen) atoms. The van der Waals surface area contributed by atoms with Crippen molar-refractivity contribution in [3.8, 4) is 0 Å². The third-order valence-electron chi connectivity index (χ3n) is 5.44. The zero-order valence-corrected chi connectivity index (χ0v) is 14.2. The lowest BCUT2D eigenvalue weighted by Gasteiger charge is -2.34. The van der Waals surface area contributed by atoms with Gasteiger partial charge in [0.25, 0.3) is 5.91 Å². The van der Waals surface area contributed by atoms with Crippen molar-refractivity contribution in [1.29, 1.82) is 0 Å². The molecule has 130 valence electrons. The Kier molecular flexibility index (Phi) is 5.19. The predicted octanol–water partition coefficient (Wildman–Crippen LogP) is 1.91. The first-order valence-corrected chi connectivity index (χ1v) is 8.87. The van der Waals surface area contributed by atoms with Gasteiger partial charge in [-0.25, -0.2) is 0 Å². The van der Waals surface area contributed by atoms with Gasteiger partial charge in [0.2, 0.25) is 5.91 Å². The molecule has 1 aliphatic heterocycles. The maximum atomic E-state index is 13.1. The average molecular weight is 330 g/mol.